The molecule has 0 saturated carbocycles. The predicted molar refractivity (Wildman–Crippen MR) is 50.0 cm³/mol. The van der Waals surface area contributed by atoms with E-state index in [1.807, 2.05) is 0 Å². The monoisotopic (exact) mass is 170 g/mol. The van der Waals surface area contributed by atoms with E-state index in [-0.39, 0.29) is 12.4 Å². The summed E-state index contributed by atoms with van der Waals surface area (Å²) in [6.07, 6.45) is 7.79. The van der Waals surface area contributed by atoms with E-state index in [0.717, 1.165) is 19.3 Å². The summed E-state index contributed by atoms with van der Waals surface area (Å²) in [6.45, 7) is 2.24. The number of rotatable bonds is 7. The van der Waals surface area contributed by atoms with E-state index < -0.39 is 0 Å². The first-order valence-electron chi connectivity index (χ1n) is 4.61. The zero-order valence-electron chi connectivity index (χ0n) is 7.75. The van der Waals surface area contributed by atoms with E-state index in [2.05, 4.69) is 6.92 Å². The van der Waals surface area contributed by atoms with Crippen LogP contribution in [0.5, 0.6) is 0 Å². The lowest BCUT2D eigenvalue weighted by molar-refractivity contribution is -0.114. The maximum Gasteiger partial charge on any atom is 0.155 e. The van der Waals surface area contributed by atoms with Crippen LogP contribution in [0.15, 0.2) is 12.2 Å². The number of carbonyl (C=O) groups excluding carboxylic acids is 1. The second kappa shape index (κ2) is 8.47. The van der Waals surface area contributed by atoms with Crippen molar-refractivity contribution in [1.82, 2.24) is 0 Å². The van der Waals surface area contributed by atoms with Crippen LogP contribution in [-0.2, 0) is 4.79 Å². The van der Waals surface area contributed by atoms with E-state index in [9.17, 15) is 4.79 Å². The van der Waals surface area contributed by atoms with Crippen molar-refractivity contribution in [2.24, 2.45) is 0 Å². The first-order chi connectivity index (χ1) is 5.81. The van der Waals surface area contributed by atoms with Crippen LogP contribution in [-0.4, -0.2) is 17.5 Å². The van der Waals surface area contributed by atoms with Crippen molar-refractivity contribution in [3.63, 3.8) is 0 Å². The Bertz CT molecular complexity index is 139. The molecule has 0 bridgehead atoms. The average Bonchev–Trinajstić information content (AvgIpc) is 2.06. The third-order valence-electron chi connectivity index (χ3n) is 1.63. The molecule has 0 unspecified atom stereocenters. The lowest BCUT2D eigenvalue weighted by atomic mass is 10.1. The normalized spacial score (nSPS) is 10.8. The lowest BCUT2D eigenvalue weighted by Gasteiger charge is -1.93. The molecule has 0 aromatic carbocycles. The molecule has 0 aliphatic carbocycles. The Morgan fingerprint density at radius 3 is 2.75 bits per heavy atom. The maximum atomic E-state index is 11.0. The molecule has 0 aromatic heterocycles. The molecule has 0 aliphatic heterocycles. The first kappa shape index (κ1) is 11.4. The number of ketones is 1. The van der Waals surface area contributed by atoms with Crippen molar-refractivity contribution in [3.8, 4) is 0 Å². The Kier molecular flexibility index (Phi) is 8.02. The molecular formula is C10H18O2. The third-order valence-corrected chi connectivity index (χ3v) is 1.63. The Balaban J connectivity index is 3.33. The van der Waals surface area contributed by atoms with Crippen molar-refractivity contribution in [2.75, 3.05) is 6.61 Å². The van der Waals surface area contributed by atoms with Gasteiger partial charge < -0.3 is 5.11 Å². The minimum absolute atomic E-state index is 0.124. The van der Waals surface area contributed by atoms with E-state index in [4.69, 9.17) is 5.11 Å². The molecule has 0 amide bonds. The van der Waals surface area contributed by atoms with E-state index in [0.29, 0.717) is 12.8 Å². The van der Waals surface area contributed by atoms with Gasteiger partial charge in [-0.1, -0.05) is 25.8 Å². The quantitative estimate of drug-likeness (QED) is 0.469. The lowest BCUT2D eigenvalue weighted by Crippen LogP contribution is -1.92. The molecule has 0 spiro atoms. The molecule has 0 rings (SSSR count). The van der Waals surface area contributed by atoms with Gasteiger partial charge in [0.25, 0.3) is 0 Å². The van der Waals surface area contributed by atoms with Gasteiger partial charge >= 0.3 is 0 Å². The molecule has 0 aliphatic rings. The molecule has 1 N–H and O–H groups in total. The fraction of sp³-hybridized carbons (Fsp3) is 0.700. The summed E-state index contributed by atoms with van der Waals surface area (Å²) < 4.78 is 0. The van der Waals surface area contributed by atoms with E-state index >= 15 is 0 Å². The highest BCUT2D eigenvalue weighted by Gasteiger charge is 1.94. The standard InChI is InChI=1S/C10H18O2/c1-2-3-4-7-10(12)8-5-6-9-11/h5,8,11H,2-4,6-7,9H2,1H3. The molecule has 0 fully saturated rings. The summed E-state index contributed by atoms with van der Waals surface area (Å²) in [7, 11) is 0. The van der Waals surface area contributed by atoms with Crippen molar-refractivity contribution < 1.29 is 9.90 Å². The van der Waals surface area contributed by atoms with E-state index in [1.165, 1.54) is 0 Å². The fourth-order valence-electron chi connectivity index (χ4n) is 0.922. The van der Waals surface area contributed by atoms with Gasteiger partial charge in [0.2, 0.25) is 0 Å². The number of hydrogen-bond acceptors (Lipinski definition) is 2. The average molecular weight is 170 g/mol. The molecule has 0 heterocycles. The van der Waals surface area contributed by atoms with Gasteiger partial charge in [0, 0.05) is 13.0 Å². The zero-order chi connectivity index (χ0) is 9.23. The van der Waals surface area contributed by atoms with Gasteiger partial charge in [-0.25, -0.2) is 0 Å². The van der Waals surface area contributed by atoms with Gasteiger partial charge in [-0.15, -0.1) is 0 Å². The van der Waals surface area contributed by atoms with Gasteiger partial charge in [-0.05, 0) is 18.9 Å². The molecule has 2 nitrogen and oxygen atoms in total. The van der Waals surface area contributed by atoms with Gasteiger partial charge in [0.1, 0.15) is 0 Å². The smallest absolute Gasteiger partial charge is 0.155 e. The summed E-state index contributed by atoms with van der Waals surface area (Å²) in [5.41, 5.74) is 0. The topological polar surface area (TPSA) is 37.3 Å². The fourth-order valence-corrected chi connectivity index (χ4v) is 0.922. The Morgan fingerprint density at radius 1 is 1.42 bits per heavy atom. The van der Waals surface area contributed by atoms with Crippen LogP contribution >= 0.6 is 0 Å². The minimum Gasteiger partial charge on any atom is -0.396 e. The highest BCUT2D eigenvalue weighted by atomic mass is 16.2. The minimum atomic E-state index is 0.124. The predicted octanol–water partition coefficient (Wildman–Crippen LogP) is 2.07. The van der Waals surface area contributed by atoms with Crippen LogP contribution < -0.4 is 0 Å². The highest BCUT2D eigenvalue weighted by molar-refractivity contribution is 5.89. The Labute approximate surface area is 74.3 Å². The molecule has 70 valence electrons. The Hall–Kier alpha value is -0.630. The number of allylic oxidation sites excluding steroid dienone is 1. The van der Waals surface area contributed by atoms with Crippen molar-refractivity contribution in [2.45, 2.75) is 39.0 Å². The van der Waals surface area contributed by atoms with Crippen LogP contribution in [0.1, 0.15) is 39.0 Å². The highest BCUT2D eigenvalue weighted by Crippen LogP contribution is 2.00. The molecule has 0 saturated heterocycles. The summed E-state index contributed by atoms with van der Waals surface area (Å²) >= 11 is 0. The largest absolute Gasteiger partial charge is 0.396 e. The maximum absolute atomic E-state index is 11.0. The summed E-state index contributed by atoms with van der Waals surface area (Å²) in [5.74, 6) is 0.178. The number of hydrogen-bond donors (Lipinski definition) is 1. The van der Waals surface area contributed by atoms with Crippen LogP contribution in [0.3, 0.4) is 0 Å². The van der Waals surface area contributed by atoms with Crippen molar-refractivity contribution in [3.05, 3.63) is 12.2 Å². The SMILES string of the molecule is CCCCCC(=O)C=CCCO. The zero-order valence-corrected chi connectivity index (χ0v) is 7.75. The second-order valence-corrected chi connectivity index (χ2v) is 2.84. The molecular weight excluding hydrogens is 152 g/mol. The Morgan fingerprint density at radius 2 is 2.17 bits per heavy atom. The second-order valence-electron chi connectivity index (χ2n) is 2.84. The van der Waals surface area contributed by atoms with Gasteiger partial charge in [-0.3, -0.25) is 4.79 Å². The van der Waals surface area contributed by atoms with Crippen LogP contribution in [0, 0.1) is 0 Å². The van der Waals surface area contributed by atoms with Crippen molar-refractivity contribution >= 4 is 5.78 Å². The number of aliphatic hydroxyl groups is 1. The third kappa shape index (κ3) is 7.48. The van der Waals surface area contributed by atoms with E-state index in [1.54, 1.807) is 12.2 Å². The van der Waals surface area contributed by atoms with Gasteiger partial charge in [-0.2, -0.15) is 0 Å². The van der Waals surface area contributed by atoms with Gasteiger partial charge in [0.15, 0.2) is 5.78 Å². The number of carbonyl (C=O) groups is 1. The van der Waals surface area contributed by atoms with Crippen LogP contribution in [0.25, 0.3) is 0 Å². The molecule has 0 aromatic rings. The van der Waals surface area contributed by atoms with Crippen molar-refractivity contribution in [1.29, 1.82) is 0 Å². The summed E-state index contributed by atoms with van der Waals surface area (Å²) in [6, 6.07) is 0. The molecule has 2 heteroatoms. The first-order valence-corrected chi connectivity index (χ1v) is 4.61. The van der Waals surface area contributed by atoms with Crippen LogP contribution in [0.2, 0.25) is 0 Å². The van der Waals surface area contributed by atoms with Crippen LogP contribution in [0.4, 0.5) is 0 Å². The van der Waals surface area contributed by atoms with Gasteiger partial charge in [0.05, 0.1) is 0 Å². The number of aliphatic hydroxyl groups excluding tert-OH is 1. The number of unbranched alkanes of at least 4 members (excludes halogenated alkanes) is 2. The molecule has 12 heavy (non-hydrogen) atoms. The summed E-state index contributed by atoms with van der Waals surface area (Å²) in [4.78, 5) is 11.0. The molecule has 0 atom stereocenters. The summed E-state index contributed by atoms with van der Waals surface area (Å²) in [5, 5.41) is 8.43. The molecule has 0 radical (unpaired) electrons.